The molecule has 0 atom stereocenters. The van der Waals surface area contributed by atoms with E-state index in [4.69, 9.17) is 16.3 Å². The Kier molecular flexibility index (Phi) is 3.34. The Balaban J connectivity index is 2.75. The number of hydrogen-bond acceptors (Lipinski definition) is 4. The molecule has 94 valence electrons. The molecule has 0 fully saturated rings. The molecule has 0 amide bonds. The molecule has 0 bridgehead atoms. The predicted molar refractivity (Wildman–Crippen MR) is 64.6 cm³/mol. The highest BCUT2D eigenvalue weighted by Gasteiger charge is 2.14. The van der Waals surface area contributed by atoms with Gasteiger partial charge < -0.3 is 9.47 Å². The number of rotatable bonds is 2. The summed E-state index contributed by atoms with van der Waals surface area (Å²) in [6.07, 6.45) is 0. The number of hydrogen-bond donors (Lipinski definition) is 0. The lowest BCUT2D eigenvalue weighted by Crippen LogP contribution is -2.02. The van der Waals surface area contributed by atoms with Crippen LogP contribution in [0, 0.1) is 5.82 Å². The van der Waals surface area contributed by atoms with Crippen molar-refractivity contribution in [3.8, 4) is 5.75 Å². The largest absolute Gasteiger partial charge is 0.494 e. The zero-order valence-corrected chi connectivity index (χ0v) is 10.4. The van der Waals surface area contributed by atoms with Gasteiger partial charge in [0.1, 0.15) is 11.3 Å². The molecule has 2 rings (SSSR count). The summed E-state index contributed by atoms with van der Waals surface area (Å²) in [5.41, 5.74) is 0.641. The van der Waals surface area contributed by atoms with Crippen LogP contribution in [0.15, 0.2) is 18.2 Å². The minimum absolute atomic E-state index is 0.244. The first-order chi connectivity index (χ1) is 8.56. The fraction of sp³-hybridized carbons (Fsp3) is 0.167. The van der Waals surface area contributed by atoms with Crippen LogP contribution in [0.2, 0.25) is 5.15 Å². The summed E-state index contributed by atoms with van der Waals surface area (Å²) in [6, 6.07) is 4.13. The summed E-state index contributed by atoms with van der Waals surface area (Å²) in [5, 5.41) is 0.170. The van der Waals surface area contributed by atoms with Gasteiger partial charge in [0, 0.05) is 5.39 Å². The van der Waals surface area contributed by atoms with Gasteiger partial charge in [-0.1, -0.05) is 11.6 Å². The number of ether oxygens (including phenoxy) is 2. The van der Waals surface area contributed by atoms with Gasteiger partial charge in [-0.3, -0.25) is 0 Å². The number of aromatic nitrogens is 1. The summed E-state index contributed by atoms with van der Waals surface area (Å²) < 4.78 is 23.1. The van der Waals surface area contributed by atoms with Gasteiger partial charge in [0.15, 0.2) is 11.0 Å². The maximum absolute atomic E-state index is 13.3. The van der Waals surface area contributed by atoms with E-state index in [1.54, 1.807) is 0 Å². The lowest BCUT2D eigenvalue weighted by Gasteiger charge is -2.08. The van der Waals surface area contributed by atoms with Gasteiger partial charge in [-0.25, -0.2) is 14.2 Å². The van der Waals surface area contributed by atoms with Crippen LogP contribution in [-0.2, 0) is 4.74 Å². The number of halogens is 2. The molecule has 6 heteroatoms. The molecule has 1 heterocycles. The van der Waals surface area contributed by atoms with E-state index in [-0.39, 0.29) is 10.7 Å². The van der Waals surface area contributed by atoms with E-state index >= 15 is 0 Å². The molecule has 0 saturated carbocycles. The third kappa shape index (κ3) is 2.09. The van der Waals surface area contributed by atoms with Crippen molar-refractivity contribution in [2.75, 3.05) is 14.2 Å². The summed E-state index contributed by atoms with van der Waals surface area (Å²) in [6.45, 7) is 0. The highest BCUT2D eigenvalue weighted by molar-refractivity contribution is 6.30. The van der Waals surface area contributed by atoms with E-state index in [0.717, 1.165) is 0 Å². The molecule has 0 unspecified atom stereocenters. The zero-order chi connectivity index (χ0) is 13.3. The SMILES string of the molecule is COC(=O)c1cc(OC)c2nc(Cl)c(F)cc2c1. The molecular formula is C12H9ClFNO3. The summed E-state index contributed by atoms with van der Waals surface area (Å²) in [7, 11) is 2.69. The number of fused-ring (bicyclic) bond motifs is 1. The molecule has 0 radical (unpaired) electrons. The molecule has 4 nitrogen and oxygen atoms in total. The quantitative estimate of drug-likeness (QED) is 0.621. The van der Waals surface area contributed by atoms with Crippen LogP contribution in [0.25, 0.3) is 10.9 Å². The fourth-order valence-corrected chi connectivity index (χ4v) is 1.74. The molecule has 0 aliphatic carbocycles. The number of carbonyl (C=O) groups is 1. The topological polar surface area (TPSA) is 48.4 Å². The maximum Gasteiger partial charge on any atom is 0.338 e. The molecular weight excluding hydrogens is 261 g/mol. The van der Waals surface area contributed by atoms with Crippen molar-refractivity contribution in [1.82, 2.24) is 4.98 Å². The summed E-state index contributed by atoms with van der Waals surface area (Å²) in [5.74, 6) is -0.867. The summed E-state index contributed by atoms with van der Waals surface area (Å²) in [4.78, 5) is 15.3. The van der Waals surface area contributed by atoms with E-state index in [0.29, 0.717) is 16.7 Å². The molecule has 0 aliphatic heterocycles. The second-order valence-electron chi connectivity index (χ2n) is 3.50. The number of pyridine rings is 1. The molecule has 0 saturated heterocycles. The number of carbonyl (C=O) groups excluding carboxylic acids is 1. The zero-order valence-electron chi connectivity index (χ0n) is 9.66. The Labute approximate surface area is 107 Å². The Morgan fingerprint density at radius 3 is 2.67 bits per heavy atom. The van der Waals surface area contributed by atoms with Gasteiger partial charge in [-0.15, -0.1) is 0 Å². The van der Waals surface area contributed by atoms with Crippen molar-refractivity contribution < 1.29 is 18.7 Å². The van der Waals surface area contributed by atoms with Gasteiger partial charge in [-0.05, 0) is 18.2 Å². The highest BCUT2D eigenvalue weighted by Crippen LogP contribution is 2.29. The normalized spacial score (nSPS) is 10.4. The maximum atomic E-state index is 13.3. The fourth-order valence-electron chi connectivity index (χ4n) is 1.60. The van der Waals surface area contributed by atoms with Gasteiger partial charge in [-0.2, -0.15) is 0 Å². The first-order valence-corrected chi connectivity index (χ1v) is 5.36. The Bertz CT molecular complexity index is 630. The molecule has 18 heavy (non-hydrogen) atoms. The van der Waals surface area contributed by atoms with Crippen molar-refractivity contribution in [1.29, 1.82) is 0 Å². The minimum atomic E-state index is -0.659. The van der Waals surface area contributed by atoms with E-state index in [1.807, 2.05) is 0 Å². The Morgan fingerprint density at radius 2 is 2.06 bits per heavy atom. The molecule has 1 aromatic carbocycles. The van der Waals surface area contributed by atoms with Gasteiger partial charge >= 0.3 is 5.97 Å². The molecule has 0 N–H and O–H groups in total. The number of esters is 1. The second-order valence-corrected chi connectivity index (χ2v) is 3.86. The summed E-state index contributed by atoms with van der Waals surface area (Å²) >= 11 is 5.61. The average molecular weight is 270 g/mol. The van der Waals surface area contributed by atoms with E-state index in [2.05, 4.69) is 9.72 Å². The monoisotopic (exact) mass is 269 g/mol. The van der Waals surface area contributed by atoms with Gasteiger partial charge in [0.25, 0.3) is 0 Å². The van der Waals surface area contributed by atoms with Crippen LogP contribution in [0.5, 0.6) is 5.75 Å². The van der Waals surface area contributed by atoms with Crippen molar-refractivity contribution in [3.05, 3.63) is 34.7 Å². The van der Waals surface area contributed by atoms with E-state index in [9.17, 15) is 9.18 Å². The van der Waals surface area contributed by atoms with Gasteiger partial charge in [0.05, 0.1) is 19.8 Å². The predicted octanol–water partition coefficient (Wildman–Crippen LogP) is 2.82. The van der Waals surface area contributed by atoms with E-state index in [1.165, 1.54) is 32.4 Å². The van der Waals surface area contributed by atoms with Crippen LogP contribution in [0.4, 0.5) is 4.39 Å². The van der Waals surface area contributed by atoms with Crippen LogP contribution in [-0.4, -0.2) is 25.2 Å². The van der Waals surface area contributed by atoms with Crippen LogP contribution in [0.1, 0.15) is 10.4 Å². The molecule has 0 aliphatic rings. The van der Waals surface area contributed by atoms with Crippen molar-refractivity contribution in [2.24, 2.45) is 0 Å². The third-order valence-corrected chi connectivity index (χ3v) is 2.70. The molecule has 1 aromatic heterocycles. The lowest BCUT2D eigenvalue weighted by atomic mass is 10.1. The second kappa shape index (κ2) is 4.78. The average Bonchev–Trinajstić information content (AvgIpc) is 2.38. The van der Waals surface area contributed by atoms with Gasteiger partial charge in [0.2, 0.25) is 0 Å². The van der Waals surface area contributed by atoms with Crippen molar-refractivity contribution in [3.63, 3.8) is 0 Å². The van der Waals surface area contributed by atoms with Crippen molar-refractivity contribution in [2.45, 2.75) is 0 Å². The van der Waals surface area contributed by atoms with Crippen LogP contribution >= 0.6 is 11.6 Å². The Morgan fingerprint density at radius 1 is 1.33 bits per heavy atom. The number of methoxy groups -OCH3 is 2. The highest BCUT2D eigenvalue weighted by atomic mass is 35.5. The lowest BCUT2D eigenvalue weighted by molar-refractivity contribution is 0.0600. The number of benzene rings is 1. The molecule has 2 aromatic rings. The van der Waals surface area contributed by atoms with E-state index < -0.39 is 11.8 Å². The van der Waals surface area contributed by atoms with Crippen LogP contribution < -0.4 is 4.74 Å². The number of nitrogens with zero attached hydrogens (tertiary/aromatic N) is 1. The standard InChI is InChI=1S/C12H9ClFNO3/c1-17-9-5-7(12(16)18-2)3-6-4-8(14)11(13)15-10(6)9/h3-5H,1-2H3. The molecule has 0 spiro atoms. The third-order valence-electron chi connectivity index (χ3n) is 2.43. The minimum Gasteiger partial charge on any atom is -0.494 e. The van der Waals surface area contributed by atoms with Crippen LogP contribution in [0.3, 0.4) is 0 Å². The first-order valence-electron chi connectivity index (χ1n) is 4.99. The van der Waals surface area contributed by atoms with Crippen molar-refractivity contribution >= 4 is 28.5 Å². The first kappa shape index (κ1) is 12.6. The Hall–Kier alpha value is -1.88. The smallest absolute Gasteiger partial charge is 0.338 e.